The smallest absolute Gasteiger partial charge is 0.260 e. The van der Waals surface area contributed by atoms with Gasteiger partial charge in [-0.3, -0.25) is 4.79 Å². The van der Waals surface area contributed by atoms with Crippen LogP contribution < -0.4 is 9.46 Å². The van der Waals surface area contributed by atoms with E-state index in [1.165, 1.54) is 12.1 Å². The SMILES string of the molecule is CCCNS(=O)(=O)c1ccc(OCC(=O)N(CC)CC)cc1. The van der Waals surface area contributed by atoms with Gasteiger partial charge in [0.05, 0.1) is 4.90 Å². The first kappa shape index (κ1) is 18.4. The first-order valence-electron chi connectivity index (χ1n) is 7.44. The van der Waals surface area contributed by atoms with Crippen LogP contribution in [0.25, 0.3) is 0 Å². The highest BCUT2D eigenvalue weighted by Crippen LogP contribution is 2.16. The molecule has 0 heterocycles. The van der Waals surface area contributed by atoms with Crippen molar-refractivity contribution in [2.45, 2.75) is 32.1 Å². The van der Waals surface area contributed by atoms with Crippen LogP contribution in [0.3, 0.4) is 0 Å². The number of amides is 1. The van der Waals surface area contributed by atoms with Crippen molar-refractivity contribution in [2.24, 2.45) is 0 Å². The van der Waals surface area contributed by atoms with E-state index in [2.05, 4.69) is 4.72 Å². The van der Waals surface area contributed by atoms with Gasteiger partial charge in [0.15, 0.2) is 6.61 Å². The molecule has 0 aliphatic rings. The van der Waals surface area contributed by atoms with Gasteiger partial charge in [-0.25, -0.2) is 13.1 Å². The molecular weight excluding hydrogens is 304 g/mol. The first-order valence-corrected chi connectivity index (χ1v) is 8.93. The number of rotatable bonds is 9. The minimum atomic E-state index is -3.47. The van der Waals surface area contributed by atoms with Crippen LogP contribution in [0.15, 0.2) is 29.2 Å². The molecule has 0 radical (unpaired) electrons. The van der Waals surface area contributed by atoms with Crippen molar-refractivity contribution in [3.63, 3.8) is 0 Å². The summed E-state index contributed by atoms with van der Waals surface area (Å²) in [5.41, 5.74) is 0. The molecule has 0 aliphatic carbocycles. The molecule has 0 spiro atoms. The van der Waals surface area contributed by atoms with E-state index < -0.39 is 10.0 Å². The molecule has 0 bridgehead atoms. The summed E-state index contributed by atoms with van der Waals surface area (Å²) in [4.78, 5) is 13.7. The third-order valence-corrected chi connectivity index (χ3v) is 4.63. The number of carbonyl (C=O) groups is 1. The van der Waals surface area contributed by atoms with Crippen molar-refractivity contribution in [1.29, 1.82) is 0 Å². The summed E-state index contributed by atoms with van der Waals surface area (Å²) in [7, 11) is -3.47. The lowest BCUT2D eigenvalue weighted by Crippen LogP contribution is -2.34. The van der Waals surface area contributed by atoms with Gasteiger partial charge in [-0.05, 0) is 44.5 Å². The summed E-state index contributed by atoms with van der Waals surface area (Å²) in [5, 5.41) is 0. The third kappa shape index (κ3) is 5.31. The van der Waals surface area contributed by atoms with Crippen LogP contribution in [0.4, 0.5) is 0 Å². The molecule has 7 heteroatoms. The fourth-order valence-corrected chi connectivity index (χ4v) is 2.98. The summed E-state index contributed by atoms with van der Waals surface area (Å²) < 4.78 is 31.7. The van der Waals surface area contributed by atoms with E-state index in [0.717, 1.165) is 6.42 Å². The number of carbonyl (C=O) groups excluding carboxylic acids is 1. The highest BCUT2D eigenvalue weighted by atomic mass is 32.2. The monoisotopic (exact) mass is 328 g/mol. The number of nitrogens with one attached hydrogen (secondary N) is 1. The molecule has 0 saturated carbocycles. The molecule has 1 amide bonds. The summed E-state index contributed by atoms with van der Waals surface area (Å²) in [6.07, 6.45) is 0.730. The van der Waals surface area contributed by atoms with Crippen molar-refractivity contribution < 1.29 is 17.9 Å². The van der Waals surface area contributed by atoms with E-state index in [4.69, 9.17) is 4.74 Å². The lowest BCUT2D eigenvalue weighted by atomic mass is 10.3. The zero-order valence-electron chi connectivity index (χ0n) is 13.3. The molecule has 124 valence electrons. The van der Waals surface area contributed by atoms with Crippen LogP contribution in [-0.2, 0) is 14.8 Å². The number of sulfonamides is 1. The van der Waals surface area contributed by atoms with Crippen LogP contribution in [0.1, 0.15) is 27.2 Å². The highest BCUT2D eigenvalue weighted by molar-refractivity contribution is 7.89. The predicted molar refractivity (Wildman–Crippen MR) is 85.3 cm³/mol. The molecule has 0 unspecified atom stereocenters. The van der Waals surface area contributed by atoms with Crippen LogP contribution in [0.5, 0.6) is 5.75 Å². The number of likely N-dealkylation sites (N-methyl/N-ethyl adjacent to an activating group) is 1. The molecule has 0 atom stereocenters. The largest absolute Gasteiger partial charge is 0.484 e. The van der Waals surface area contributed by atoms with Crippen LogP contribution in [0.2, 0.25) is 0 Å². The Morgan fingerprint density at radius 1 is 1.14 bits per heavy atom. The van der Waals surface area contributed by atoms with Gasteiger partial charge in [0.25, 0.3) is 5.91 Å². The number of hydrogen-bond acceptors (Lipinski definition) is 4. The van der Waals surface area contributed by atoms with E-state index >= 15 is 0 Å². The first-order chi connectivity index (χ1) is 10.4. The second-order valence-corrected chi connectivity index (χ2v) is 6.49. The predicted octanol–water partition coefficient (Wildman–Crippen LogP) is 1.62. The number of hydrogen-bond donors (Lipinski definition) is 1. The van der Waals surface area contributed by atoms with Crippen molar-refractivity contribution in [2.75, 3.05) is 26.2 Å². The Morgan fingerprint density at radius 2 is 1.73 bits per heavy atom. The fourth-order valence-electron chi connectivity index (χ4n) is 1.85. The Balaban J connectivity index is 2.64. The van der Waals surface area contributed by atoms with Gasteiger partial charge in [0.1, 0.15) is 5.75 Å². The molecule has 0 fully saturated rings. The zero-order valence-corrected chi connectivity index (χ0v) is 14.1. The molecule has 22 heavy (non-hydrogen) atoms. The van der Waals surface area contributed by atoms with Crippen molar-refractivity contribution in [1.82, 2.24) is 9.62 Å². The van der Waals surface area contributed by atoms with Gasteiger partial charge in [0, 0.05) is 19.6 Å². The van der Waals surface area contributed by atoms with Gasteiger partial charge in [-0.15, -0.1) is 0 Å². The van der Waals surface area contributed by atoms with E-state index in [-0.39, 0.29) is 17.4 Å². The molecule has 6 nitrogen and oxygen atoms in total. The number of ether oxygens (including phenoxy) is 1. The maximum absolute atomic E-state index is 11.9. The fraction of sp³-hybridized carbons (Fsp3) is 0.533. The Kier molecular flexibility index (Phi) is 7.34. The van der Waals surface area contributed by atoms with E-state index in [1.807, 2.05) is 20.8 Å². The molecule has 0 saturated heterocycles. The van der Waals surface area contributed by atoms with Gasteiger partial charge in [-0.2, -0.15) is 0 Å². The topological polar surface area (TPSA) is 75.7 Å². The summed E-state index contributed by atoms with van der Waals surface area (Å²) in [6, 6.07) is 6.04. The quantitative estimate of drug-likeness (QED) is 0.747. The van der Waals surface area contributed by atoms with Crippen LogP contribution >= 0.6 is 0 Å². The maximum Gasteiger partial charge on any atom is 0.260 e. The van der Waals surface area contributed by atoms with Gasteiger partial charge < -0.3 is 9.64 Å². The zero-order chi connectivity index (χ0) is 16.6. The Hall–Kier alpha value is -1.60. The normalized spacial score (nSPS) is 11.2. The Labute approximate surface area is 132 Å². The minimum Gasteiger partial charge on any atom is -0.484 e. The molecule has 0 aromatic heterocycles. The van der Waals surface area contributed by atoms with E-state index in [9.17, 15) is 13.2 Å². The molecule has 1 N–H and O–H groups in total. The highest BCUT2D eigenvalue weighted by Gasteiger charge is 2.13. The Bertz CT molecular complexity index is 566. The second kappa shape index (κ2) is 8.75. The number of benzene rings is 1. The molecule has 1 aromatic rings. The lowest BCUT2D eigenvalue weighted by Gasteiger charge is -2.18. The minimum absolute atomic E-state index is 0.0537. The summed E-state index contributed by atoms with van der Waals surface area (Å²) in [5.74, 6) is 0.376. The van der Waals surface area contributed by atoms with Gasteiger partial charge in [0.2, 0.25) is 10.0 Å². The summed E-state index contributed by atoms with van der Waals surface area (Å²) >= 11 is 0. The maximum atomic E-state index is 11.9. The third-order valence-electron chi connectivity index (χ3n) is 3.15. The molecule has 0 aliphatic heterocycles. The van der Waals surface area contributed by atoms with Crippen LogP contribution in [0, 0.1) is 0 Å². The molecular formula is C15H24N2O4S. The standard InChI is InChI=1S/C15H24N2O4S/c1-4-11-16-22(19,20)14-9-7-13(8-10-14)21-12-15(18)17(5-2)6-3/h7-10,16H,4-6,11-12H2,1-3H3. The van der Waals surface area contributed by atoms with Crippen molar-refractivity contribution >= 4 is 15.9 Å². The van der Waals surface area contributed by atoms with E-state index in [0.29, 0.717) is 25.4 Å². The molecule has 1 aromatic carbocycles. The summed E-state index contributed by atoms with van der Waals surface area (Å²) in [6.45, 7) is 7.33. The average Bonchev–Trinajstić information content (AvgIpc) is 2.52. The lowest BCUT2D eigenvalue weighted by molar-refractivity contribution is -0.132. The second-order valence-electron chi connectivity index (χ2n) is 4.72. The van der Waals surface area contributed by atoms with E-state index in [1.54, 1.807) is 17.0 Å². The van der Waals surface area contributed by atoms with Gasteiger partial charge >= 0.3 is 0 Å². The Morgan fingerprint density at radius 3 is 2.23 bits per heavy atom. The average molecular weight is 328 g/mol. The van der Waals surface area contributed by atoms with Gasteiger partial charge in [-0.1, -0.05) is 6.92 Å². The molecule has 1 rings (SSSR count). The van der Waals surface area contributed by atoms with Crippen molar-refractivity contribution in [3.05, 3.63) is 24.3 Å². The number of nitrogens with zero attached hydrogens (tertiary/aromatic N) is 1. The van der Waals surface area contributed by atoms with Crippen LogP contribution in [-0.4, -0.2) is 45.5 Å². The van der Waals surface area contributed by atoms with Crippen molar-refractivity contribution in [3.8, 4) is 5.75 Å².